The summed E-state index contributed by atoms with van der Waals surface area (Å²) in [6, 6.07) is 8.01. The molecule has 0 aliphatic heterocycles. The van der Waals surface area contributed by atoms with Crippen LogP contribution < -0.4 is 4.74 Å². The zero-order chi connectivity index (χ0) is 10.8. The summed E-state index contributed by atoms with van der Waals surface area (Å²) >= 11 is 0. The van der Waals surface area contributed by atoms with E-state index in [1.165, 1.54) is 18.4 Å². The summed E-state index contributed by atoms with van der Waals surface area (Å²) in [6.45, 7) is 3.45. The molecule has 2 aromatic carbocycles. The summed E-state index contributed by atoms with van der Waals surface area (Å²) in [5.41, 5.74) is 0. The Kier molecular flexibility index (Phi) is 7.50. The molecule has 82 valence electrons. The standard InChI is InChI=1S/C12H10O3.2Y/c1-2-15-11-5-3-4-8-9(13)6-7-10(14)12(8)11;;/h2-7,13-14H,1H2;;. The predicted octanol–water partition coefficient (Wildman–Crippen LogP) is 2.77. The Morgan fingerprint density at radius 2 is 1.65 bits per heavy atom. The van der Waals surface area contributed by atoms with Crippen LogP contribution in [0.5, 0.6) is 17.2 Å². The second-order valence-corrected chi connectivity index (χ2v) is 3.07. The predicted molar refractivity (Wildman–Crippen MR) is 58.1 cm³/mol. The van der Waals surface area contributed by atoms with Gasteiger partial charge in [0.25, 0.3) is 0 Å². The summed E-state index contributed by atoms with van der Waals surface area (Å²) in [5, 5.41) is 20.3. The van der Waals surface area contributed by atoms with Crippen molar-refractivity contribution in [1.29, 1.82) is 0 Å². The third-order valence-electron chi connectivity index (χ3n) is 2.17. The van der Waals surface area contributed by atoms with E-state index in [2.05, 4.69) is 6.58 Å². The molecular formula is C12H10O3Y2. The third-order valence-corrected chi connectivity index (χ3v) is 2.17. The van der Waals surface area contributed by atoms with Crippen molar-refractivity contribution in [3.63, 3.8) is 0 Å². The first-order valence-electron chi connectivity index (χ1n) is 4.45. The van der Waals surface area contributed by atoms with Crippen LogP contribution in [0.25, 0.3) is 10.8 Å². The van der Waals surface area contributed by atoms with Gasteiger partial charge in [0.2, 0.25) is 0 Å². The first kappa shape index (κ1) is 17.0. The van der Waals surface area contributed by atoms with Crippen molar-refractivity contribution < 1.29 is 80.4 Å². The van der Waals surface area contributed by atoms with Crippen molar-refractivity contribution in [2.75, 3.05) is 0 Å². The molecule has 0 aromatic heterocycles. The number of phenolic OH excluding ortho intramolecular Hbond substituents is 2. The van der Waals surface area contributed by atoms with E-state index in [-0.39, 0.29) is 76.9 Å². The molecule has 0 saturated heterocycles. The fourth-order valence-electron chi connectivity index (χ4n) is 1.53. The van der Waals surface area contributed by atoms with Gasteiger partial charge in [-0.3, -0.25) is 0 Å². The summed E-state index contributed by atoms with van der Waals surface area (Å²) in [5.74, 6) is 0.647. The van der Waals surface area contributed by atoms with Crippen molar-refractivity contribution in [2.24, 2.45) is 0 Å². The van der Waals surface area contributed by atoms with Gasteiger partial charge in [0.05, 0.1) is 11.6 Å². The number of aromatic hydroxyl groups is 2. The molecule has 2 radical (unpaired) electrons. The van der Waals surface area contributed by atoms with Crippen LogP contribution in [0.2, 0.25) is 0 Å². The maximum atomic E-state index is 9.68. The van der Waals surface area contributed by atoms with Crippen molar-refractivity contribution in [3.05, 3.63) is 43.2 Å². The maximum Gasteiger partial charge on any atom is 0.138 e. The second-order valence-electron chi connectivity index (χ2n) is 3.07. The summed E-state index contributed by atoms with van der Waals surface area (Å²) in [7, 11) is 0. The van der Waals surface area contributed by atoms with Crippen LogP contribution >= 0.6 is 0 Å². The van der Waals surface area contributed by atoms with Gasteiger partial charge in [-0.2, -0.15) is 0 Å². The van der Waals surface area contributed by atoms with Crippen LogP contribution in [0.3, 0.4) is 0 Å². The van der Waals surface area contributed by atoms with Crippen LogP contribution in [-0.4, -0.2) is 10.2 Å². The van der Waals surface area contributed by atoms with E-state index in [0.29, 0.717) is 16.5 Å². The van der Waals surface area contributed by atoms with Crippen LogP contribution in [0.1, 0.15) is 0 Å². The monoisotopic (exact) mass is 380 g/mol. The molecule has 2 aromatic rings. The molecule has 0 atom stereocenters. The molecule has 0 heterocycles. The number of phenols is 2. The zero-order valence-corrected chi connectivity index (χ0v) is 14.8. The average Bonchev–Trinajstić information content (AvgIpc) is 2.24. The Labute approximate surface area is 150 Å². The number of benzene rings is 2. The molecule has 2 N–H and O–H groups in total. The van der Waals surface area contributed by atoms with Gasteiger partial charge in [-0.15, -0.1) is 0 Å². The minimum atomic E-state index is 0. The minimum absolute atomic E-state index is 0. The zero-order valence-electron chi connectivity index (χ0n) is 9.13. The van der Waals surface area contributed by atoms with Crippen LogP contribution in [-0.2, 0) is 65.4 Å². The van der Waals surface area contributed by atoms with E-state index in [1.807, 2.05) is 0 Å². The molecule has 0 aliphatic rings. The molecule has 0 fully saturated rings. The Balaban J connectivity index is 0.00000128. The molecular weight excluding hydrogens is 370 g/mol. The van der Waals surface area contributed by atoms with Gasteiger partial charge in [-0.25, -0.2) is 0 Å². The number of hydrogen-bond acceptors (Lipinski definition) is 3. The van der Waals surface area contributed by atoms with Gasteiger partial charge in [0.1, 0.15) is 17.2 Å². The van der Waals surface area contributed by atoms with Crippen molar-refractivity contribution in [1.82, 2.24) is 0 Å². The largest absolute Gasteiger partial charge is 0.507 e. The molecule has 0 aliphatic carbocycles. The van der Waals surface area contributed by atoms with E-state index in [4.69, 9.17) is 4.74 Å². The summed E-state index contributed by atoms with van der Waals surface area (Å²) in [4.78, 5) is 0. The Morgan fingerprint density at radius 3 is 2.29 bits per heavy atom. The van der Waals surface area contributed by atoms with Crippen LogP contribution in [0.4, 0.5) is 0 Å². The third kappa shape index (κ3) is 3.51. The molecule has 0 spiro atoms. The van der Waals surface area contributed by atoms with E-state index in [1.54, 1.807) is 18.2 Å². The van der Waals surface area contributed by atoms with Crippen molar-refractivity contribution in [3.8, 4) is 17.2 Å². The molecule has 0 bridgehead atoms. The van der Waals surface area contributed by atoms with Crippen LogP contribution in [0, 0.1) is 0 Å². The van der Waals surface area contributed by atoms with Gasteiger partial charge in [0.15, 0.2) is 0 Å². The normalized spacial score (nSPS) is 8.94. The van der Waals surface area contributed by atoms with Gasteiger partial charge in [-0.05, 0) is 18.2 Å². The number of hydrogen-bond donors (Lipinski definition) is 2. The molecule has 0 saturated carbocycles. The smallest absolute Gasteiger partial charge is 0.138 e. The first-order valence-corrected chi connectivity index (χ1v) is 4.45. The van der Waals surface area contributed by atoms with Gasteiger partial charge in [-0.1, -0.05) is 18.7 Å². The van der Waals surface area contributed by atoms with Gasteiger partial charge in [0, 0.05) is 70.8 Å². The topological polar surface area (TPSA) is 49.7 Å². The number of ether oxygens (including phenoxy) is 1. The Hall–Kier alpha value is 0.0478. The molecule has 2 rings (SSSR count). The Bertz CT molecular complexity index is 526. The van der Waals surface area contributed by atoms with E-state index in [0.717, 1.165) is 0 Å². The molecule has 3 nitrogen and oxygen atoms in total. The quantitative estimate of drug-likeness (QED) is 0.623. The number of rotatable bonds is 2. The fourth-order valence-corrected chi connectivity index (χ4v) is 1.53. The Morgan fingerprint density at radius 1 is 1.00 bits per heavy atom. The maximum absolute atomic E-state index is 9.68. The van der Waals surface area contributed by atoms with Crippen molar-refractivity contribution in [2.45, 2.75) is 0 Å². The average molecular weight is 380 g/mol. The van der Waals surface area contributed by atoms with Gasteiger partial charge < -0.3 is 14.9 Å². The van der Waals surface area contributed by atoms with E-state index < -0.39 is 0 Å². The molecule has 0 unspecified atom stereocenters. The summed E-state index contributed by atoms with van der Waals surface area (Å²) < 4.78 is 5.15. The molecule has 17 heavy (non-hydrogen) atoms. The van der Waals surface area contributed by atoms with Crippen LogP contribution in [0.15, 0.2) is 43.2 Å². The second kappa shape index (κ2) is 7.48. The minimum Gasteiger partial charge on any atom is -0.507 e. The summed E-state index contributed by atoms with van der Waals surface area (Å²) in [6.07, 6.45) is 1.28. The van der Waals surface area contributed by atoms with Gasteiger partial charge >= 0.3 is 0 Å². The number of fused-ring (bicyclic) bond motifs is 1. The molecule has 0 amide bonds. The van der Waals surface area contributed by atoms with Crippen molar-refractivity contribution >= 4 is 10.8 Å². The SMILES string of the molecule is C=COc1cccc2c(O)ccc(O)c12.[Y].[Y]. The fraction of sp³-hybridized carbons (Fsp3) is 0. The van der Waals surface area contributed by atoms with E-state index >= 15 is 0 Å². The first-order chi connectivity index (χ1) is 7.24. The molecule has 5 heteroatoms. The van der Waals surface area contributed by atoms with E-state index in [9.17, 15) is 10.2 Å².